The Morgan fingerprint density at radius 1 is 0.821 bits per heavy atom. The van der Waals surface area contributed by atoms with Crippen molar-refractivity contribution < 1.29 is 12.8 Å². The predicted octanol–water partition coefficient (Wildman–Crippen LogP) is 4.08. The van der Waals surface area contributed by atoms with Crippen LogP contribution in [0.15, 0.2) is 86.9 Å². The molecule has 4 aromatic rings. The SMILES string of the molecule is Cc1ccc(-c2c(-c3ccc(S(N)(=O)=O)cc3)oc3ccccc3c2=O)cc1. The third kappa shape index (κ3) is 3.24. The number of aryl methyl sites for hydroxylation is 1. The molecule has 2 N–H and O–H groups in total. The van der Waals surface area contributed by atoms with Crippen LogP contribution in [0, 0.1) is 6.92 Å². The number of rotatable bonds is 3. The molecule has 0 bridgehead atoms. The van der Waals surface area contributed by atoms with Gasteiger partial charge < -0.3 is 4.42 Å². The Morgan fingerprint density at radius 2 is 1.43 bits per heavy atom. The van der Waals surface area contributed by atoms with Crippen LogP contribution in [0.2, 0.25) is 0 Å². The normalized spacial score (nSPS) is 11.6. The number of hydrogen-bond donors (Lipinski definition) is 1. The summed E-state index contributed by atoms with van der Waals surface area (Å²) >= 11 is 0. The summed E-state index contributed by atoms with van der Waals surface area (Å²) in [6.07, 6.45) is 0. The minimum atomic E-state index is -3.80. The van der Waals surface area contributed by atoms with Crippen LogP contribution in [0.1, 0.15) is 5.56 Å². The zero-order valence-corrected chi connectivity index (χ0v) is 15.9. The molecule has 3 aromatic carbocycles. The average Bonchev–Trinajstić information content (AvgIpc) is 2.68. The fraction of sp³-hybridized carbons (Fsp3) is 0.0455. The van der Waals surface area contributed by atoms with Gasteiger partial charge in [-0.25, -0.2) is 13.6 Å². The third-order valence-electron chi connectivity index (χ3n) is 4.58. The van der Waals surface area contributed by atoms with E-state index in [0.717, 1.165) is 11.1 Å². The van der Waals surface area contributed by atoms with Crippen molar-refractivity contribution >= 4 is 21.0 Å². The van der Waals surface area contributed by atoms with Crippen LogP contribution in [0.5, 0.6) is 0 Å². The van der Waals surface area contributed by atoms with E-state index in [1.807, 2.05) is 31.2 Å². The number of nitrogens with two attached hydrogens (primary N) is 1. The molecular weight excluding hydrogens is 374 g/mol. The van der Waals surface area contributed by atoms with E-state index in [9.17, 15) is 13.2 Å². The smallest absolute Gasteiger partial charge is 0.238 e. The number of benzene rings is 3. The molecular formula is C22H17NO4S. The molecule has 0 aliphatic rings. The van der Waals surface area contributed by atoms with E-state index >= 15 is 0 Å². The summed E-state index contributed by atoms with van der Waals surface area (Å²) in [5, 5.41) is 5.67. The summed E-state index contributed by atoms with van der Waals surface area (Å²) < 4.78 is 29.2. The van der Waals surface area contributed by atoms with Gasteiger partial charge in [-0.15, -0.1) is 0 Å². The van der Waals surface area contributed by atoms with Crippen molar-refractivity contribution in [2.45, 2.75) is 11.8 Å². The second-order valence-electron chi connectivity index (χ2n) is 6.57. The second kappa shape index (κ2) is 6.74. The Morgan fingerprint density at radius 3 is 2.07 bits per heavy atom. The lowest BCUT2D eigenvalue weighted by molar-refractivity contribution is 0.597. The maximum absolute atomic E-state index is 13.3. The van der Waals surface area contributed by atoms with Crippen LogP contribution in [-0.2, 0) is 10.0 Å². The van der Waals surface area contributed by atoms with Gasteiger partial charge in [0.05, 0.1) is 15.8 Å². The van der Waals surface area contributed by atoms with Crippen molar-refractivity contribution in [1.82, 2.24) is 0 Å². The standard InChI is InChI=1S/C22H17NO4S/c1-14-6-8-15(9-7-14)20-21(24)18-4-2-3-5-19(18)27-22(20)16-10-12-17(13-11-16)28(23,25)26/h2-13H,1H3,(H2,23,25,26). The first-order chi connectivity index (χ1) is 13.3. The fourth-order valence-corrected chi connectivity index (χ4v) is 3.64. The van der Waals surface area contributed by atoms with E-state index in [-0.39, 0.29) is 10.3 Å². The topological polar surface area (TPSA) is 90.4 Å². The molecule has 0 radical (unpaired) electrons. The molecule has 28 heavy (non-hydrogen) atoms. The molecule has 0 amide bonds. The van der Waals surface area contributed by atoms with Gasteiger partial charge in [-0.2, -0.15) is 0 Å². The second-order valence-corrected chi connectivity index (χ2v) is 8.13. The van der Waals surface area contributed by atoms with Crippen LogP contribution in [0.3, 0.4) is 0 Å². The van der Waals surface area contributed by atoms with Crippen LogP contribution in [-0.4, -0.2) is 8.42 Å². The third-order valence-corrected chi connectivity index (χ3v) is 5.51. The maximum atomic E-state index is 13.3. The molecule has 0 unspecified atom stereocenters. The van der Waals surface area contributed by atoms with E-state index in [2.05, 4.69) is 0 Å². The molecule has 0 saturated heterocycles. The highest BCUT2D eigenvalue weighted by Gasteiger charge is 2.18. The monoisotopic (exact) mass is 391 g/mol. The number of primary sulfonamides is 1. The molecule has 0 atom stereocenters. The molecule has 0 spiro atoms. The summed E-state index contributed by atoms with van der Waals surface area (Å²) in [5.41, 5.74) is 3.15. The Hall–Kier alpha value is -3.22. The highest BCUT2D eigenvalue weighted by atomic mass is 32.2. The van der Waals surface area contributed by atoms with Gasteiger partial charge in [0.15, 0.2) is 0 Å². The fourth-order valence-electron chi connectivity index (χ4n) is 3.12. The maximum Gasteiger partial charge on any atom is 0.238 e. The molecule has 6 heteroatoms. The van der Waals surface area contributed by atoms with Crippen molar-refractivity contribution in [1.29, 1.82) is 0 Å². The molecule has 0 aliphatic heterocycles. The lowest BCUT2D eigenvalue weighted by atomic mass is 9.98. The first-order valence-electron chi connectivity index (χ1n) is 8.61. The summed E-state index contributed by atoms with van der Waals surface area (Å²) in [4.78, 5) is 13.3. The zero-order chi connectivity index (χ0) is 19.9. The van der Waals surface area contributed by atoms with E-state index in [1.54, 1.807) is 36.4 Å². The summed E-state index contributed by atoms with van der Waals surface area (Å²) in [5.74, 6) is 0.383. The lowest BCUT2D eigenvalue weighted by Gasteiger charge is -2.11. The van der Waals surface area contributed by atoms with Crippen molar-refractivity contribution in [3.05, 3.63) is 88.6 Å². The highest BCUT2D eigenvalue weighted by Crippen LogP contribution is 2.33. The van der Waals surface area contributed by atoms with Crippen LogP contribution in [0.4, 0.5) is 0 Å². The van der Waals surface area contributed by atoms with Gasteiger partial charge in [0.1, 0.15) is 11.3 Å². The first-order valence-corrected chi connectivity index (χ1v) is 10.2. The van der Waals surface area contributed by atoms with Gasteiger partial charge in [0.2, 0.25) is 15.5 Å². The van der Waals surface area contributed by atoms with Crippen LogP contribution < -0.4 is 10.6 Å². The average molecular weight is 391 g/mol. The zero-order valence-electron chi connectivity index (χ0n) is 15.0. The molecule has 0 saturated carbocycles. The van der Waals surface area contributed by atoms with E-state index in [4.69, 9.17) is 9.56 Å². The quantitative estimate of drug-likeness (QED) is 0.570. The van der Waals surface area contributed by atoms with Crippen molar-refractivity contribution in [3.63, 3.8) is 0 Å². The molecule has 1 aromatic heterocycles. The summed E-state index contributed by atoms with van der Waals surface area (Å²) in [6, 6.07) is 20.6. The van der Waals surface area contributed by atoms with Gasteiger partial charge in [0, 0.05) is 5.56 Å². The highest BCUT2D eigenvalue weighted by molar-refractivity contribution is 7.89. The lowest BCUT2D eigenvalue weighted by Crippen LogP contribution is -2.12. The van der Waals surface area contributed by atoms with Crippen molar-refractivity contribution in [2.24, 2.45) is 5.14 Å². The Kier molecular flexibility index (Phi) is 4.37. The first kappa shape index (κ1) is 18.2. The van der Waals surface area contributed by atoms with Gasteiger partial charge in [-0.05, 0) is 48.9 Å². The molecule has 5 nitrogen and oxygen atoms in total. The Labute approximate surface area is 162 Å². The molecule has 4 rings (SSSR count). The van der Waals surface area contributed by atoms with Gasteiger partial charge in [0.25, 0.3) is 0 Å². The van der Waals surface area contributed by atoms with E-state index in [1.165, 1.54) is 12.1 Å². The van der Waals surface area contributed by atoms with E-state index in [0.29, 0.717) is 27.9 Å². The number of fused-ring (bicyclic) bond motifs is 1. The number of hydrogen-bond acceptors (Lipinski definition) is 4. The summed E-state index contributed by atoms with van der Waals surface area (Å²) in [7, 11) is -3.80. The minimum Gasteiger partial charge on any atom is -0.455 e. The molecule has 0 aliphatic carbocycles. The van der Waals surface area contributed by atoms with Gasteiger partial charge >= 0.3 is 0 Å². The molecule has 0 fully saturated rings. The van der Waals surface area contributed by atoms with Crippen LogP contribution >= 0.6 is 0 Å². The predicted molar refractivity (Wildman–Crippen MR) is 109 cm³/mol. The number of sulfonamides is 1. The van der Waals surface area contributed by atoms with Gasteiger partial charge in [-0.3, -0.25) is 4.79 Å². The molecule has 140 valence electrons. The summed E-state index contributed by atoms with van der Waals surface area (Å²) in [6.45, 7) is 1.97. The number of para-hydroxylation sites is 1. The Balaban J connectivity index is 2.03. The van der Waals surface area contributed by atoms with E-state index < -0.39 is 10.0 Å². The van der Waals surface area contributed by atoms with Crippen LogP contribution in [0.25, 0.3) is 33.4 Å². The van der Waals surface area contributed by atoms with Gasteiger partial charge in [-0.1, -0.05) is 42.0 Å². The Bertz CT molecular complexity index is 1340. The minimum absolute atomic E-state index is 0.00345. The van der Waals surface area contributed by atoms with Crippen molar-refractivity contribution in [3.8, 4) is 22.5 Å². The van der Waals surface area contributed by atoms with Crippen molar-refractivity contribution in [2.75, 3.05) is 0 Å². The largest absolute Gasteiger partial charge is 0.455 e. The molecule has 1 heterocycles.